The molecule has 84 valence electrons. The number of nitrogens with zero attached hydrogens (tertiary/aromatic N) is 2. The summed E-state index contributed by atoms with van der Waals surface area (Å²) in [5, 5.41) is 7.68. The number of rotatable bonds is 6. The van der Waals surface area contributed by atoms with Crippen LogP contribution in [0.4, 0.5) is 0 Å². The van der Waals surface area contributed by atoms with Crippen molar-refractivity contribution in [3.8, 4) is 0 Å². The van der Waals surface area contributed by atoms with Crippen molar-refractivity contribution >= 4 is 6.20 Å². The van der Waals surface area contributed by atoms with Crippen molar-refractivity contribution < 1.29 is 0 Å². The van der Waals surface area contributed by atoms with Crippen LogP contribution in [0.5, 0.6) is 0 Å². The van der Waals surface area contributed by atoms with Crippen LogP contribution in [0.1, 0.15) is 32.8 Å². The van der Waals surface area contributed by atoms with Gasteiger partial charge in [-0.2, -0.15) is 5.10 Å². The molecule has 0 aliphatic carbocycles. The van der Waals surface area contributed by atoms with E-state index in [4.69, 9.17) is 0 Å². The maximum atomic E-state index is 4.14. The van der Waals surface area contributed by atoms with Crippen LogP contribution in [-0.2, 0) is 6.54 Å². The summed E-state index contributed by atoms with van der Waals surface area (Å²) < 4.78 is 1.73. The van der Waals surface area contributed by atoms with Gasteiger partial charge in [0.1, 0.15) is 0 Å². The Morgan fingerprint density at radius 3 is 2.80 bits per heavy atom. The molecule has 1 rings (SSSR count). The highest BCUT2D eigenvalue weighted by molar-refractivity contribution is 5.17. The van der Waals surface area contributed by atoms with E-state index < -0.39 is 0 Å². The van der Waals surface area contributed by atoms with Crippen molar-refractivity contribution in [3.63, 3.8) is 0 Å². The van der Waals surface area contributed by atoms with Crippen LogP contribution in [-0.4, -0.2) is 15.8 Å². The lowest BCUT2D eigenvalue weighted by Crippen LogP contribution is -2.32. The second-order valence-electron chi connectivity index (χ2n) is 4.15. The van der Waals surface area contributed by atoms with Gasteiger partial charge in [-0.15, -0.1) is 0 Å². The zero-order valence-corrected chi connectivity index (χ0v) is 9.90. The Hall–Kier alpha value is -1.09. The van der Waals surface area contributed by atoms with E-state index in [1.165, 1.54) is 5.56 Å². The number of aromatic nitrogens is 2. The molecule has 15 heavy (non-hydrogen) atoms. The van der Waals surface area contributed by atoms with Crippen LogP contribution in [0.2, 0.25) is 0 Å². The van der Waals surface area contributed by atoms with E-state index in [-0.39, 0.29) is 0 Å². The standard InChI is InChI=1S/C12H21N3/c1-5-12(10(3)4)13-7-11-8-14-15(6-2)9-11/h6,8-10,12-13H,2,5,7H2,1,3-4H3. The molecule has 3 nitrogen and oxygen atoms in total. The monoisotopic (exact) mass is 207 g/mol. The Kier molecular flexibility index (Phi) is 4.56. The fraction of sp³-hybridized carbons (Fsp3) is 0.583. The van der Waals surface area contributed by atoms with Gasteiger partial charge in [0.25, 0.3) is 0 Å². The summed E-state index contributed by atoms with van der Waals surface area (Å²) in [5.41, 5.74) is 1.20. The first kappa shape index (κ1) is 12.0. The minimum absolute atomic E-state index is 0.581. The molecule has 1 atom stereocenters. The number of hydrogen-bond acceptors (Lipinski definition) is 2. The van der Waals surface area contributed by atoms with Crippen LogP contribution in [0, 0.1) is 5.92 Å². The highest BCUT2D eigenvalue weighted by Gasteiger charge is 2.09. The third kappa shape index (κ3) is 3.51. The summed E-state index contributed by atoms with van der Waals surface area (Å²) in [6.45, 7) is 11.2. The van der Waals surface area contributed by atoms with Crippen LogP contribution < -0.4 is 5.32 Å². The van der Waals surface area contributed by atoms with Crippen LogP contribution in [0.3, 0.4) is 0 Å². The first-order chi connectivity index (χ1) is 7.17. The quantitative estimate of drug-likeness (QED) is 0.776. The highest BCUT2D eigenvalue weighted by atomic mass is 15.2. The van der Waals surface area contributed by atoms with Gasteiger partial charge in [0.2, 0.25) is 0 Å². The third-order valence-electron chi connectivity index (χ3n) is 2.65. The Morgan fingerprint density at radius 2 is 2.33 bits per heavy atom. The summed E-state index contributed by atoms with van der Waals surface area (Å²) in [6.07, 6.45) is 6.73. The second-order valence-corrected chi connectivity index (χ2v) is 4.15. The molecule has 1 aromatic heterocycles. The van der Waals surface area contributed by atoms with Gasteiger partial charge in [-0.25, -0.2) is 4.68 Å². The molecule has 0 saturated heterocycles. The lowest BCUT2D eigenvalue weighted by Gasteiger charge is -2.20. The largest absolute Gasteiger partial charge is 0.310 e. The van der Waals surface area contributed by atoms with Crippen molar-refractivity contribution in [1.82, 2.24) is 15.1 Å². The highest BCUT2D eigenvalue weighted by Crippen LogP contribution is 2.07. The number of nitrogens with one attached hydrogen (secondary N) is 1. The molecule has 3 heteroatoms. The fourth-order valence-corrected chi connectivity index (χ4v) is 1.67. The second kappa shape index (κ2) is 5.71. The maximum Gasteiger partial charge on any atom is 0.0538 e. The zero-order valence-electron chi connectivity index (χ0n) is 9.90. The van der Waals surface area contributed by atoms with Gasteiger partial charge in [-0.1, -0.05) is 27.4 Å². The lowest BCUT2D eigenvalue weighted by molar-refractivity contribution is 0.387. The summed E-state index contributed by atoms with van der Waals surface area (Å²) in [4.78, 5) is 0. The Labute approximate surface area is 92.2 Å². The molecule has 1 heterocycles. The average molecular weight is 207 g/mol. The molecule has 0 amide bonds. The summed E-state index contributed by atoms with van der Waals surface area (Å²) >= 11 is 0. The average Bonchev–Trinajstić information content (AvgIpc) is 2.66. The number of hydrogen-bond donors (Lipinski definition) is 1. The van der Waals surface area contributed by atoms with E-state index in [2.05, 4.69) is 37.8 Å². The molecule has 0 bridgehead atoms. The molecular formula is C12H21N3. The molecule has 0 aliphatic heterocycles. The van der Waals surface area contributed by atoms with Crippen molar-refractivity contribution in [2.75, 3.05) is 0 Å². The Balaban J connectivity index is 2.45. The molecule has 1 N–H and O–H groups in total. The predicted molar refractivity (Wildman–Crippen MR) is 64.4 cm³/mol. The maximum absolute atomic E-state index is 4.14. The molecule has 0 spiro atoms. The van der Waals surface area contributed by atoms with E-state index in [1.54, 1.807) is 10.9 Å². The normalized spacial score (nSPS) is 13.1. The van der Waals surface area contributed by atoms with Crippen LogP contribution in [0.25, 0.3) is 6.20 Å². The minimum Gasteiger partial charge on any atom is -0.310 e. The van der Waals surface area contributed by atoms with Gasteiger partial charge in [-0.3, -0.25) is 0 Å². The van der Waals surface area contributed by atoms with E-state index in [0.29, 0.717) is 12.0 Å². The Bertz CT molecular complexity index is 302. The fourth-order valence-electron chi connectivity index (χ4n) is 1.67. The molecule has 0 aromatic carbocycles. The van der Waals surface area contributed by atoms with E-state index in [0.717, 1.165) is 13.0 Å². The van der Waals surface area contributed by atoms with Crippen molar-refractivity contribution in [2.24, 2.45) is 5.92 Å². The molecule has 0 fully saturated rings. The van der Waals surface area contributed by atoms with Crippen molar-refractivity contribution in [3.05, 3.63) is 24.5 Å². The van der Waals surface area contributed by atoms with Gasteiger partial charge in [0.05, 0.1) is 6.20 Å². The molecule has 1 unspecified atom stereocenters. The van der Waals surface area contributed by atoms with Crippen molar-refractivity contribution in [2.45, 2.75) is 39.8 Å². The first-order valence-corrected chi connectivity index (χ1v) is 5.56. The van der Waals surface area contributed by atoms with Gasteiger partial charge < -0.3 is 5.32 Å². The van der Waals surface area contributed by atoms with E-state index >= 15 is 0 Å². The van der Waals surface area contributed by atoms with Crippen LogP contribution in [0.15, 0.2) is 19.0 Å². The van der Waals surface area contributed by atoms with Gasteiger partial charge in [0.15, 0.2) is 0 Å². The van der Waals surface area contributed by atoms with E-state index in [9.17, 15) is 0 Å². The van der Waals surface area contributed by atoms with Gasteiger partial charge in [0, 0.05) is 30.5 Å². The van der Waals surface area contributed by atoms with Crippen LogP contribution >= 0.6 is 0 Å². The molecule has 0 aliphatic rings. The summed E-state index contributed by atoms with van der Waals surface area (Å²) in [6, 6.07) is 0.581. The SMILES string of the molecule is C=Cn1cc(CNC(CC)C(C)C)cn1. The minimum atomic E-state index is 0.581. The van der Waals surface area contributed by atoms with Gasteiger partial charge >= 0.3 is 0 Å². The smallest absolute Gasteiger partial charge is 0.0538 e. The lowest BCUT2D eigenvalue weighted by atomic mass is 10.0. The summed E-state index contributed by atoms with van der Waals surface area (Å²) in [7, 11) is 0. The third-order valence-corrected chi connectivity index (χ3v) is 2.65. The molecule has 0 saturated carbocycles. The van der Waals surface area contributed by atoms with Gasteiger partial charge in [-0.05, 0) is 12.3 Å². The van der Waals surface area contributed by atoms with Crippen molar-refractivity contribution in [1.29, 1.82) is 0 Å². The molecule has 1 aromatic rings. The van der Waals surface area contributed by atoms with E-state index in [1.807, 2.05) is 12.4 Å². The predicted octanol–water partition coefficient (Wildman–Crippen LogP) is 2.51. The molecule has 0 radical (unpaired) electrons. The Morgan fingerprint density at radius 1 is 1.60 bits per heavy atom. The first-order valence-electron chi connectivity index (χ1n) is 5.56. The molecular weight excluding hydrogens is 186 g/mol. The topological polar surface area (TPSA) is 29.9 Å². The zero-order chi connectivity index (χ0) is 11.3. The summed E-state index contributed by atoms with van der Waals surface area (Å²) in [5.74, 6) is 0.671.